The molecule has 0 radical (unpaired) electrons. The first kappa shape index (κ1) is 15.4. The van der Waals surface area contributed by atoms with E-state index in [0.29, 0.717) is 5.92 Å². The van der Waals surface area contributed by atoms with Gasteiger partial charge in [-0.25, -0.2) is 0 Å². The number of halogens is 1. The largest absolute Gasteiger partial charge is 0.369 e. The number of nitrogens with zero attached hydrogens (tertiary/aromatic N) is 2. The lowest BCUT2D eigenvalue weighted by atomic mass is 10.0. The molecule has 1 aliphatic rings. The Bertz CT molecular complexity index is 574. The van der Waals surface area contributed by atoms with Crippen LogP contribution in [0.3, 0.4) is 0 Å². The standard InChI is InChI=1S/C19H23ClN2/c1-16(17-5-3-2-4-6-17)15-21-11-13-22(14-12-21)19-9-7-18(20)8-10-19/h2-10,16H,11-15H2,1H3. The van der Waals surface area contributed by atoms with Gasteiger partial charge in [-0.15, -0.1) is 0 Å². The van der Waals surface area contributed by atoms with Crippen molar-refractivity contribution in [2.75, 3.05) is 37.6 Å². The molecule has 1 saturated heterocycles. The number of hydrogen-bond acceptors (Lipinski definition) is 2. The first-order valence-electron chi connectivity index (χ1n) is 8.00. The Morgan fingerprint density at radius 1 is 0.909 bits per heavy atom. The Hall–Kier alpha value is -1.51. The van der Waals surface area contributed by atoms with Crippen LogP contribution in [0.5, 0.6) is 0 Å². The summed E-state index contributed by atoms with van der Waals surface area (Å²) in [4.78, 5) is 5.02. The zero-order valence-electron chi connectivity index (χ0n) is 13.1. The summed E-state index contributed by atoms with van der Waals surface area (Å²) in [5, 5.41) is 0.805. The quantitative estimate of drug-likeness (QED) is 0.831. The second kappa shape index (κ2) is 7.17. The Balaban J connectivity index is 1.52. The summed E-state index contributed by atoms with van der Waals surface area (Å²) in [6.07, 6.45) is 0. The highest BCUT2D eigenvalue weighted by Gasteiger charge is 2.19. The smallest absolute Gasteiger partial charge is 0.0407 e. The van der Waals surface area contributed by atoms with Gasteiger partial charge in [-0.1, -0.05) is 48.9 Å². The van der Waals surface area contributed by atoms with Gasteiger partial charge < -0.3 is 4.90 Å². The molecule has 0 aliphatic carbocycles. The topological polar surface area (TPSA) is 6.48 Å². The zero-order valence-corrected chi connectivity index (χ0v) is 13.8. The molecule has 1 atom stereocenters. The molecular weight excluding hydrogens is 292 g/mol. The lowest BCUT2D eigenvalue weighted by molar-refractivity contribution is 0.246. The van der Waals surface area contributed by atoms with Gasteiger partial charge in [-0.2, -0.15) is 0 Å². The van der Waals surface area contributed by atoms with E-state index in [9.17, 15) is 0 Å². The third kappa shape index (κ3) is 3.82. The highest BCUT2D eigenvalue weighted by atomic mass is 35.5. The molecule has 0 N–H and O–H groups in total. The van der Waals surface area contributed by atoms with Gasteiger partial charge in [0.05, 0.1) is 0 Å². The van der Waals surface area contributed by atoms with Crippen LogP contribution in [0.2, 0.25) is 5.02 Å². The summed E-state index contributed by atoms with van der Waals surface area (Å²) in [5.74, 6) is 0.586. The van der Waals surface area contributed by atoms with E-state index >= 15 is 0 Å². The van der Waals surface area contributed by atoms with Gasteiger partial charge in [0.25, 0.3) is 0 Å². The maximum atomic E-state index is 5.96. The molecule has 1 unspecified atom stereocenters. The molecule has 1 fully saturated rings. The van der Waals surface area contributed by atoms with E-state index in [2.05, 4.69) is 59.2 Å². The van der Waals surface area contributed by atoms with Gasteiger partial charge in [-0.05, 0) is 35.7 Å². The van der Waals surface area contributed by atoms with Crippen LogP contribution in [-0.4, -0.2) is 37.6 Å². The van der Waals surface area contributed by atoms with Crippen molar-refractivity contribution in [3.63, 3.8) is 0 Å². The molecule has 1 aliphatic heterocycles. The normalized spacial score (nSPS) is 17.5. The molecule has 0 spiro atoms. The van der Waals surface area contributed by atoms with Crippen LogP contribution in [0.25, 0.3) is 0 Å². The molecule has 116 valence electrons. The van der Waals surface area contributed by atoms with E-state index < -0.39 is 0 Å². The molecule has 0 saturated carbocycles. The summed E-state index contributed by atoms with van der Waals surface area (Å²) in [6.45, 7) is 7.88. The minimum Gasteiger partial charge on any atom is -0.369 e. The number of rotatable bonds is 4. The predicted molar refractivity (Wildman–Crippen MR) is 95.0 cm³/mol. The van der Waals surface area contributed by atoms with Crippen molar-refractivity contribution in [3.05, 3.63) is 65.2 Å². The fraction of sp³-hybridized carbons (Fsp3) is 0.368. The van der Waals surface area contributed by atoms with E-state index in [1.54, 1.807) is 0 Å². The van der Waals surface area contributed by atoms with E-state index in [0.717, 1.165) is 37.7 Å². The number of benzene rings is 2. The molecule has 1 heterocycles. The van der Waals surface area contributed by atoms with Crippen molar-refractivity contribution in [2.45, 2.75) is 12.8 Å². The molecule has 3 heteroatoms. The van der Waals surface area contributed by atoms with E-state index in [4.69, 9.17) is 11.6 Å². The third-order valence-electron chi connectivity index (χ3n) is 4.46. The highest BCUT2D eigenvalue weighted by molar-refractivity contribution is 6.30. The van der Waals surface area contributed by atoms with E-state index in [1.165, 1.54) is 11.3 Å². The van der Waals surface area contributed by atoms with Crippen molar-refractivity contribution >= 4 is 17.3 Å². The van der Waals surface area contributed by atoms with Crippen molar-refractivity contribution in [2.24, 2.45) is 0 Å². The molecule has 0 amide bonds. The van der Waals surface area contributed by atoms with Gasteiger partial charge in [0, 0.05) is 43.4 Å². The molecule has 2 nitrogen and oxygen atoms in total. The van der Waals surface area contributed by atoms with E-state index in [-0.39, 0.29) is 0 Å². The third-order valence-corrected chi connectivity index (χ3v) is 4.72. The molecule has 2 aromatic carbocycles. The SMILES string of the molecule is CC(CN1CCN(c2ccc(Cl)cc2)CC1)c1ccccc1. The molecule has 0 aromatic heterocycles. The summed E-state index contributed by atoms with van der Waals surface area (Å²) in [6, 6.07) is 19.0. The fourth-order valence-corrected chi connectivity index (χ4v) is 3.24. The van der Waals surface area contributed by atoms with Crippen LogP contribution in [0, 0.1) is 0 Å². The van der Waals surface area contributed by atoms with Crippen molar-refractivity contribution in [1.29, 1.82) is 0 Å². The van der Waals surface area contributed by atoms with Crippen LogP contribution in [0.15, 0.2) is 54.6 Å². The summed E-state index contributed by atoms with van der Waals surface area (Å²) in [5.41, 5.74) is 2.71. The molecular formula is C19H23ClN2. The van der Waals surface area contributed by atoms with Crippen LogP contribution in [0.4, 0.5) is 5.69 Å². The first-order chi connectivity index (χ1) is 10.7. The lowest BCUT2D eigenvalue weighted by Crippen LogP contribution is -2.47. The van der Waals surface area contributed by atoms with Crippen molar-refractivity contribution < 1.29 is 0 Å². The second-order valence-electron chi connectivity index (χ2n) is 6.08. The van der Waals surface area contributed by atoms with Gasteiger partial charge >= 0.3 is 0 Å². The summed E-state index contributed by atoms with van der Waals surface area (Å²) >= 11 is 5.96. The highest BCUT2D eigenvalue weighted by Crippen LogP contribution is 2.21. The van der Waals surface area contributed by atoms with Gasteiger partial charge in [0.2, 0.25) is 0 Å². The Labute approximate surface area is 138 Å². The lowest BCUT2D eigenvalue weighted by Gasteiger charge is -2.37. The van der Waals surface area contributed by atoms with Crippen LogP contribution in [0.1, 0.15) is 18.4 Å². The van der Waals surface area contributed by atoms with Crippen LogP contribution < -0.4 is 4.90 Å². The average molecular weight is 315 g/mol. The van der Waals surface area contributed by atoms with Gasteiger partial charge in [0.1, 0.15) is 0 Å². The molecule has 2 aromatic rings. The summed E-state index contributed by atoms with van der Waals surface area (Å²) in [7, 11) is 0. The molecule has 0 bridgehead atoms. The minimum absolute atomic E-state index is 0.586. The fourth-order valence-electron chi connectivity index (χ4n) is 3.11. The monoisotopic (exact) mass is 314 g/mol. The van der Waals surface area contributed by atoms with Crippen LogP contribution in [-0.2, 0) is 0 Å². The van der Waals surface area contributed by atoms with Gasteiger partial charge in [0.15, 0.2) is 0 Å². The first-order valence-corrected chi connectivity index (χ1v) is 8.38. The Morgan fingerprint density at radius 3 is 2.18 bits per heavy atom. The Morgan fingerprint density at radius 2 is 1.55 bits per heavy atom. The number of anilines is 1. The second-order valence-corrected chi connectivity index (χ2v) is 6.51. The Kier molecular flexibility index (Phi) is 5.01. The number of piperazine rings is 1. The predicted octanol–water partition coefficient (Wildman–Crippen LogP) is 4.27. The molecule has 22 heavy (non-hydrogen) atoms. The van der Waals surface area contributed by atoms with Crippen LogP contribution >= 0.6 is 11.6 Å². The average Bonchev–Trinajstić information content (AvgIpc) is 2.57. The molecule has 3 rings (SSSR count). The summed E-state index contributed by atoms with van der Waals surface area (Å²) < 4.78 is 0. The van der Waals surface area contributed by atoms with Crippen molar-refractivity contribution in [3.8, 4) is 0 Å². The minimum atomic E-state index is 0.586. The van der Waals surface area contributed by atoms with Crippen molar-refractivity contribution in [1.82, 2.24) is 4.90 Å². The van der Waals surface area contributed by atoms with Gasteiger partial charge in [-0.3, -0.25) is 4.90 Å². The maximum absolute atomic E-state index is 5.96. The maximum Gasteiger partial charge on any atom is 0.0407 e. The zero-order chi connectivity index (χ0) is 15.4. The van der Waals surface area contributed by atoms with E-state index in [1.807, 2.05) is 12.1 Å². The number of hydrogen-bond donors (Lipinski definition) is 0.